The Morgan fingerprint density at radius 1 is 1.50 bits per heavy atom. The Kier molecular flexibility index (Phi) is 2.97. The third-order valence-electron chi connectivity index (χ3n) is 3.52. The average Bonchev–Trinajstić information content (AvgIpc) is 2.92. The van der Waals surface area contributed by atoms with E-state index in [0.717, 1.165) is 12.2 Å². The number of carboxylic acids is 1. The molecule has 20 heavy (non-hydrogen) atoms. The molecule has 0 aliphatic carbocycles. The molecular weight excluding hydrogens is 256 g/mol. The number of aryl methyl sites for hydroxylation is 2. The van der Waals surface area contributed by atoms with E-state index in [9.17, 15) is 4.79 Å². The number of aromatic nitrogens is 2. The van der Waals surface area contributed by atoms with E-state index in [2.05, 4.69) is 18.1 Å². The number of rotatable bonds is 3. The SMILES string of the molecule is Cc1ccc2c(c1)CC(Cn1cc(C(=O)O)c(C)n1)O2. The van der Waals surface area contributed by atoms with E-state index in [1.165, 1.54) is 11.1 Å². The highest BCUT2D eigenvalue weighted by atomic mass is 16.5. The highest BCUT2D eigenvalue weighted by Crippen LogP contribution is 2.30. The van der Waals surface area contributed by atoms with Crippen LogP contribution in [-0.2, 0) is 13.0 Å². The van der Waals surface area contributed by atoms with Gasteiger partial charge < -0.3 is 9.84 Å². The summed E-state index contributed by atoms with van der Waals surface area (Å²) in [6.45, 7) is 4.32. The maximum atomic E-state index is 11.0. The number of carboxylic acid groups (broad SMARTS) is 1. The molecule has 5 nitrogen and oxygen atoms in total. The molecule has 0 saturated heterocycles. The number of benzene rings is 1. The number of fused-ring (bicyclic) bond motifs is 1. The first-order valence-corrected chi connectivity index (χ1v) is 6.56. The van der Waals surface area contributed by atoms with Crippen LogP contribution in [-0.4, -0.2) is 27.0 Å². The van der Waals surface area contributed by atoms with Crippen LogP contribution in [0.25, 0.3) is 0 Å². The van der Waals surface area contributed by atoms with E-state index in [-0.39, 0.29) is 11.7 Å². The Hall–Kier alpha value is -2.30. The van der Waals surface area contributed by atoms with E-state index in [1.807, 2.05) is 12.1 Å². The lowest BCUT2D eigenvalue weighted by Crippen LogP contribution is -2.21. The molecule has 1 unspecified atom stereocenters. The predicted octanol–water partition coefficient (Wildman–Crippen LogP) is 2.20. The molecule has 0 amide bonds. The third kappa shape index (κ3) is 2.27. The van der Waals surface area contributed by atoms with Gasteiger partial charge in [-0.2, -0.15) is 5.10 Å². The van der Waals surface area contributed by atoms with Gasteiger partial charge in [0.1, 0.15) is 17.4 Å². The Morgan fingerprint density at radius 3 is 3.00 bits per heavy atom. The van der Waals surface area contributed by atoms with E-state index < -0.39 is 5.97 Å². The monoisotopic (exact) mass is 272 g/mol. The molecule has 2 heterocycles. The van der Waals surface area contributed by atoms with Crippen LogP contribution in [0.4, 0.5) is 0 Å². The molecule has 1 aromatic heterocycles. The summed E-state index contributed by atoms with van der Waals surface area (Å²) in [5.41, 5.74) is 3.20. The van der Waals surface area contributed by atoms with E-state index in [0.29, 0.717) is 12.2 Å². The summed E-state index contributed by atoms with van der Waals surface area (Å²) in [5, 5.41) is 13.3. The molecule has 5 heteroatoms. The van der Waals surface area contributed by atoms with Crippen molar-refractivity contribution in [3.8, 4) is 5.75 Å². The van der Waals surface area contributed by atoms with Gasteiger partial charge in [-0.1, -0.05) is 17.7 Å². The maximum Gasteiger partial charge on any atom is 0.339 e. The van der Waals surface area contributed by atoms with Crippen molar-refractivity contribution in [2.75, 3.05) is 0 Å². The first-order valence-electron chi connectivity index (χ1n) is 6.56. The Balaban J connectivity index is 1.75. The van der Waals surface area contributed by atoms with Gasteiger partial charge in [0.05, 0.1) is 12.2 Å². The summed E-state index contributed by atoms with van der Waals surface area (Å²) in [6.07, 6.45) is 2.40. The van der Waals surface area contributed by atoms with Crippen molar-refractivity contribution in [3.63, 3.8) is 0 Å². The van der Waals surface area contributed by atoms with E-state index in [1.54, 1.807) is 17.8 Å². The maximum absolute atomic E-state index is 11.0. The number of ether oxygens (including phenoxy) is 1. The van der Waals surface area contributed by atoms with Gasteiger partial charge in [0.15, 0.2) is 0 Å². The Labute approximate surface area is 116 Å². The van der Waals surface area contributed by atoms with Gasteiger partial charge >= 0.3 is 5.97 Å². The lowest BCUT2D eigenvalue weighted by Gasteiger charge is -2.10. The second-order valence-electron chi connectivity index (χ2n) is 5.21. The average molecular weight is 272 g/mol. The molecule has 1 aromatic carbocycles. The summed E-state index contributed by atoms with van der Waals surface area (Å²) in [5.74, 6) is -0.0251. The largest absolute Gasteiger partial charge is 0.488 e. The Bertz CT molecular complexity index is 676. The molecular formula is C15H16N2O3. The first-order chi connectivity index (χ1) is 9.52. The second-order valence-corrected chi connectivity index (χ2v) is 5.21. The van der Waals surface area contributed by atoms with Gasteiger partial charge in [-0.25, -0.2) is 4.79 Å². The van der Waals surface area contributed by atoms with Crippen LogP contribution < -0.4 is 4.74 Å². The summed E-state index contributed by atoms with van der Waals surface area (Å²) < 4.78 is 7.52. The number of nitrogens with zero attached hydrogens (tertiary/aromatic N) is 2. The number of hydrogen-bond acceptors (Lipinski definition) is 3. The molecule has 2 aromatic rings. The summed E-state index contributed by atoms with van der Waals surface area (Å²) >= 11 is 0. The van der Waals surface area contributed by atoms with Gasteiger partial charge in [0.2, 0.25) is 0 Å². The molecule has 0 fully saturated rings. The smallest absolute Gasteiger partial charge is 0.339 e. The van der Waals surface area contributed by atoms with Crippen LogP contribution in [0.1, 0.15) is 27.2 Å². The van der Waals surface area contributed by atoms with Crippen LogP contribution in [0.3, 0.4) is 0 Å². The summed E-state index contributed by atoms with van der Waals surface area (Å²) in [4.78, 5) is 11.0. The molecule has 0 radical (unpaired) electrons. The molecule has 0 spiro atoms. The van der Waals surface area contributed by atoms with Gasteiger partial charge in [0.25, 0.3) is 0 Å². The van der Waals surface area contributed by atoms with Crippen LogP contribution in [0, 0.1) is 13.8 Å². The fraction of sp³-hybridized carbons (Fsp3) is 0.333. The lowest BCUT2D eigenvalue weighted by atomic mass is 10.1. The van der Waals surface area contributed by atoms with Crippen molar-refractivity contribution in [1.29, 1.82) is 0 Å². The third-order valence-corrected chi connectivity index (χ3v) is 3.52. The fourth-order valence-corrected chi connectivity index (χ4v) is 2.58. The minimum Gasteiger partial charge on any atom is -0.488 e. The van der Waals surface area contributed by atoms with E-state index >= 15 is 0 Å². The fourth-order valence-electron chi connectivity index (χ4n) is 2.58. The zero-order valence-corrected chi connectivity index (χ0v) is 11.5. The standard InChI is InChI=1S/C15H16N2O3/c1-9-3-4-14-11(5-9)6-12(20-14)7-17-8-13(15(18)19)10(2)16-17/h3-5,8,12H,6-7H2,1-2H3,(H,18,19). The zero-order chi connectivity index (χ0) is 14.3. The van der Waals surface area contributed by atoms with Crippen LogP contribution in [0.5, 0.6) is 5.75 Å². The predicted molar refractivity (Wildman–Crippen MR) is 73.2 cm³/mol. The zero-order valence-electron chi connectivity index (χ0n) is 11.5. The Morgan fingerprint density at radius 2 is 2.30 bits per heavy atom. The minimum absolute atomic E-state index is 0.00717. The summed E-state index contributed by atoms with van der Waals surface area (Å²) in [6, 6.07) is 6.15. The number of hydrogen-bond donors (Lipinski definition) is 1. The van der Waals surface area contributed by atoms with Crippen LogP contribution in [0.2, 0.25) is 0 Å². The second kappa shape index (κ2) is 4.67. The molecule has 1 atom stereocenters. The van der Waals surface area contributed by atoms with Gasteiger partial charge in [-0.05, 0) is 25.5 Å². The minimum atomic E-state index is -0.944. The molecule has 0 saturated carbocycles. The van der Waals surface area contributed by atoms with Crippen molar-refractivity contribution in [2.24, 2.45) is 0 Å². The highest BCUT2D eigenvalue weighted by molar-refractivity contribution is 5.88. The van der Waals surface area contributed by atoms with Gasteiger partial charge in [-0.3, -0.25) is 4.68 Å². The lowest BCUT2D eigenvalue weighted by molar-refractivity contribution is 0.0696. The van der Waals surface area contributed by atoms with Crippen LogP contribution in [0.15, 0.2) is 24.4 Å². The molecule has 104 valence electrons. The van der Waals surface area contributed by atoms with Crippen molar-refractivity contribution >= 4 is 5.97 Å². The van der Waals surface area contributed by atoms with Crippen molar-refractivity contribution < 1.29 is 14.6 Å². The van der Waals surface area contributed by atoms with Gasteiger partial charge in [0, 0.05) is 12.6 Å². The first kappa shape index (κ1) is 12.7. The van der Waals surface area contributed by atoms with Gasteiger partial charge in [-0.15, -0.1) is 0 Å². The highest BCUT2D eigenvalue weighted by Gasteiger charge is 2.24. The normalized spacial score (nSPS) is 16.8. The van der Waals surface area contributed by atoms with E-state index in [4.69, 9.17) is 9.84 Å². The van der Waals surface area contributed by atoms with Crippen molar-refractivity contribution in [3.05, 3.63) is 46.8 Å². The van der Waals surface area contributed by atoms with Crippen molar-refractivity contribution in [2.45, 2.75) is 32.9 Å². The molecule has 1 aliphatic rings. The topological polar surface area (TPSA) is 64.4 Å². The molecule has 1 N–H and O–H groups in total. The quantitative estimate of drug-likeness (QED) is 0.930. The van der Waals surface area contributed by atoms with Crippen LogP contribution >= 0.6 is 0 Å². The number of carbonyl (C=O) groups is 1. The molecule has 1 aliphatic heterocycles. The van der Waals surface area contributed by atoms with Crippen molar-refractivity contribution in [1.82, 2.24) is 9.78 Å². The molecule has 0 bridgehead atoms. The summed E-state index contributed by atoms with van der Waals surface area (Å²) in [7, 11) is 0. The number of aromatic carboxylic acids is 1. The molecule has 3 rings (SSSR count).